The molecule has 5 heteroatoms. The van der Waals surface area contributed by atoms with E-state index < -0.39 is 5.91 Å². The first-order chi connectivity index (χ1) is 8.97. The van der Waals surface area contributed by atoms with Gasteiger partial charge in [-0.3, -0.25) is 4.79 Å². The summed E-state index contributed by atoms with van der Waals surface area (Å²) in [5, 5.41) is 0.340. The quantitative estimate of drug-likeness (QED) is 0.837. The number of carbonyl (C=O) groups is 1. The van der Waals surface area contributed by atoms with Crippen molar-refractivity contribution in [1.82, 2.24) is 0 Å². The maximum Gasteiger partial charge on any atom is 0.252 e. The highest BCUT2D eigenvalue weighted by Gasteiger charge is 2.23. The number of anilines is 1. The summed E-state index contributed by atoms with van der Waals surface area (Å²) in [7, 11) is 0. The highest BCUT2D eigenvalue weighted by atomic mass is 35.5. The molecule has 1 aliphatic carbocycles. The molecule has 104 valence electrons. The van der Waals surface area contributed by atoms with Crippen molar-refractivity contribution in [3.8, 4) is 5.75 Å². The second-order valence-corrected chi connectivity index (χ2v) is 5.65. The first-order valence-electron chi connectivity index (χ1n) is 6.53. The van der Waals surface area contributed by atoms with Gasteiger partial charge in [0.2, 0.25) is 0 Å². The molecule has 0 saturated heterocycles. The molecule has 1 aromatic carbocycles. The molecule has 0 aromatic heterocycles. The maximum absolute atomic E-state index is 11.4. The summed E-state index contributed by atoms with van der Waals surface area (Å²) in [6.07, 6.45) is 4.29. The normalized spacial score (nSPS) is 23.1. The minimum absolute atomic E-state index is 0.0930. The molecule has 1 aromatic rings. The van der Waals surface area contributed by atoms with Crippen molar-refractivity contribution < 1.29 is 9.53 Å². The number of hydrogen-bond acceptors (Lipinski definition) is 3. The third kappa shape index (κ3) is 3.32. The summed E-state index contributed by atoms with van der Waals surface area (Å²) in [5.41, 5.74) is 11.7. The Balaban J connectivity index is 2.21. The molecule has 0 spiro atoms. The van der Waals surface area contributed by atoms with E-state index in [1.54, 1.807) is 6.07 Å². The van der Waals surface area contributed by atoms with E-state index in [-0.39, 0.29) is 11.7 Å². The monoisotopic (exact) mass is 282 g/mol. The molecule has 0 atom stereocenters. The van der Waals surface area contributed by atoms with E-state index >= 15 is 0 Å². The van der Waals surface area contributed by atoms with Crippen LogP contribution in [0.4, 0.5) is 5.69 Å². The molecule has 4 nitrogen and oxygen atoms in total. The summed E-state index contributed by atoms with van der Waals surface area (Å²) in [5.74, 6) is 0.522. The maximum atomic E-state index is 11.4. The Morgan fingerprint density at radius 3 is 2.53 bits per heavy atom. The van der Waals surface area contributed by atoms with Gasteiger partial charge in [-0.1, -0.05) is 18.5 Å². The van der Waals surface area contributed by atoms with E-state index in [0.717, 1.165) is 31.6 Å². The Morgan fingerprint density at radius 2 is 1.95 bits per heavy atom. The van der Waals surface area contributed by atoms with Crippen LogP contribution in [0.15, 0.2) is 12.1 Å². The first kappa shape index (κ1) is 14.0. The van der Waals surface area contributed by atoms with Crippen LogP contribution in [-0.4, -0.2) is 12.0 Å². The number of primary amides is 1. The van der Waals surface area contributed by atoms with E-state index in [4.69, 9.17) is 27.8 Å². The molecular weight excluding hydrogens is 264 g/mol. The average molecular weight is 283 g/mol. The average Bonchev–Trinajstić information content (AvgIpc) is 2.34. The Kier molecular flexibility index (Phi) is 4.20. The summed E-state index contributed by atoms with van der Waals surface area (Å²) in [6, 6.07) is 3.09. The molecule has 2 rings (SSSR count). The number of amides is 1. The molecular formula is C14H19ClN2O2. The molecule has 1 fully saturated rings. The van der Waals surface area contributed by atoms with Gasteiger partial charge in [-0.25, -0.2) is 0 Å². The number of nitrogen functional groups attached to an aromatic ring is 1. The summed E-state index contributed by atoms with van der Waals surface area (Å²) in [4.78, 5) is 11.4. The van der Waals surface area contributed by atoms with Crippen molar-refractivity contribution in [3.63, 3.8) is 0 Å². The summed E-state index contributed by atoms with van der Waals surface area (Å²) >= 11 is 6.11. The van der Waals surface area contributed by atoms with Crippen LogP contribution in [-0.2, 0) is 0 Å². The van der Waals surface area contributed by atoms with Crippen LogP contribution in [0.3, 0.4) is 0 Å². The molecule has 0 aliphatic heterocycles. The SMILES string of the molecule is CC1CCC(Oc2c(Cl)cc(N)cc2C(N)=O)CC1. The van der Waals surface area contributed by atoms with Gasteiger partial charge in [0.1, 0.15) is 0 Å². The largest absolute Gasteiger partial charge is 0.488 e. The van der Waals surface area contributed by atoms with Gasteiger partial charge in [0.05, 0.1) is 16.7 Å². The van der Waals surface area contributed by atoms with E-state index in [1.165, 1.54) is 6.07 Å². The highest BCUT2D eigenvalue weighted by molar-refractivity contribution is 6.33. The van der Waals surface area contributed by atoms with Crippen LogP contribution in [0.2, 0.25) is 5.02 Å². The van der Waals surface area contributed by atoms with Gasteiger partial charge in [0.15, 0.2) is 5.75 Å². The predicted molar refractivity (Wildman–Crippen MR) is 76.4 cm³/mol. The minimum atomic E-state index is -0.576. The van der Waals surface area contributed by atoms with E-state index in [1.807, 2.05) is 0 Å². The van der Waals surface area contributed by atoms with E-state index in [9.17, 15) is 4.79 Å². The van der Waals surface area contributed by atoms with Crippen LogP contribution in [0.5, 0.6) is 5.75 Å². The Labute approximate surface area is 118 Å². The van der Waals surface area contributed by atoms with Crippen molar-refractivity contribution in [2.75, 3.05) is 5.73 Å². The van der Waals surface area contributed by atoms with Gasteiger partial charge in [-0.2, -0.15) is 0 Å². The lowest BCUT2D eigenvalue weighted by molar-refractivity contribution is 0.0983. The van der Waals surface area contributed by atoms with E-state index in [2.05, 4.69) is 6.92 Å². The molecule has 19 heavy (non-hydrogen) atoms. The van der Waals surface area contributed by atoms with Crippen molar-refractivity contribution in [1.29, 1.82) is 0 Å². The number of rotatable bonds is 3. The van der Waals surface area contributed by atoms with E-state index in [0.29, 0.717) is 16.5 Å². The van der Waals surface area contributed by atoms with Crippen LogP contribution in [0.1, 0.15) is 43.0 Å². The molecule has 4 N–H and O–H groups in total. The third-order valence-electron chi connectivity index (χ3n) is 3.58. The summed E-state index contributed by atoms with van der Waals surface area (Å²) in [6.45, 7) is 2.24. The van der Waals surface area contributed by atoms with Crippen molar-refractivity contribution in [2.45, 2.75) is 38.7 Å². The van der Waals surface area contributed by atoms with Gasteiger partial charge in [-0.15, -0.1) is 0 Å². The standard InChI is InChI=1S/C14H19ClN2O2/c1-8-2-4-10(5-3-8)19-13-11(14(17)18)6-9(16)7-12(13)15/h6-8,10H,2-5,16H2,1H3,(H2,17,18). The Bertz CT molecular complexity index is 483. The fourth-order valence-electron chi connectivity index (χ4n) is 2.43. The number of nitrogens with two attached hydrogens (primary N) is 2. The van der Waals surface area contributed by atoms with Gasteiger partial charge in [-0.05, 0) is 43.7 Å². The van der Waals surface area contributed by atoms with Gasteiger partial charge >= 0.3 is 0 Å². The van der Waals surface area contributed by atoms with Crippen LogP contribution in [0.25, 0.3) is 0 Å². The first-order valence-corrected chi connectivity index (χ1v) is 6.90. The zero-order chi connectivity index (χ0) is 14.0. The zero-order valence-electron chi connectivity index (χ0n) is 11.0. The predicted octanol–water partition coefficient (Wildman–Crippen LogP) is 2.98. The smallest absolute Gasteiger partial charge is 0.252 e. The Morgan fingerprint density at radius 1 is 1.32 bits per heavy atom. The highest BCUT2D eigenvalue weighted by Crippen LogP contribution is 2.35. The number of benzene rings is 1. The molecule has 1 saturated carbocycles. The number of halogens is 1. The number of carbonyl (C=O) groups excluding carboxylic acids is 1. The fraction of sp³-hybridized carbons (Fsp3) is 0.500. The van der Waals surface area contributed by atoms with Crippen molar-refractivity contribution >= 4 is 23.2 Å². The van der Waals surface area contributed by atoms with Crippen molar-refractivity contribution in [2.24, 2.45) is 11.7 Å². The molecule has 0 unspecified atom stereocenters. The summed E-state index contributed by atoms with van der Waals surface area (Å²) < 4.78 is 5.89. The molecule has 1 aliphatic rings. The number of ether oxygens (including phenoxy) is 1. The minimum Gasteiger partial charge on any atom is -0.488 e. The second kappa shape index (κ2) is 5.70. The third-order valence-corrected chi connectivity index (χ3v) is 3.86. The lowest BCUT2D eigenvalue weighted by Crippen LogP contribution is -2.25. The number of hydrogen-bond donors (Lipinski definition) is 2. The zero-order valence-corrected chi connectivity index (χ0v) is 11.7. The van der Waals surface area contributed by atoms with Crippen LogP contribution >= 0.6 is 11.6 Å². The fourth-order valence-corrected chi connectivity index (χ4v) is 2.70. The second-order valence-electron chi connectivity index (χ2n) is 5.24. The molecule has 0 bridgehead atoms. The van der Waals surface area contributed by atoms with Crippen LogP contribution in [0, 0.1) is 5.92 Å². The van der Waals surface area contributed by atoms with Gasteiger partial charge in [0, 0.05) is 5.69 Å². The van der Waals surface area contributed by atoms with Gasteiger partial charge < -0.3 is 16.2 Å². The van der Waals surface area contributed by atoms with Crippen LogP contribution < -0.4 is 16.2 Å². The molecule has 0 radical (unpaired) electrons. The Hall–Kier alpha value is -1.42. The van der Waals surface area contributed by atoms with Gasteiger partial charge in [0.25, 0.3) is 5.91 Å². The van der Waals surface area contributed by atoms with Crippen molar-refractivity contribution in [3.05, 3.63) is 22.7 Å². The lowest BCUT2D eigenvalue weighted by Gasteiger charge is -2.27. The lowest BCUT2D eigenvalue weighted by atomic mass is 9.89. The molecule has 1 amide bonds. The topological polar surface area (TPSA) is 78.3 Å². The molecule has 0 heterocycles.